The van der Waals surface area contributed by atoms with Crippen molar-refractivity contribution in [3.05, 3.63) is 24.6 Å². The van der Waals surface area contributed by atoms with Crippen LogP contribution in [0.2, 0.25) is 0 Å². The Bertz CT molecular complexity index is 175. The van der Waals surface area contributed by atoms with Crippen LogP contribution in [0.5, 0.6) is 0 Å². The van der Waals surface area contributed by atoms with Gasteiger partial charge in [-0.25, -0.2) is 0 Å². The van der Waals surface area contributed by atoms with Crippen molar-refractivity contribution in [2.24, 2.45) is 0 Å². The largest absolute Gasteiger partial charge is 0.358 e. The number of thioether (sulfide) groups is 1. The second kappa shape index (κ2) is 4.23. The van der Waals surface area contributed by atoms with Crippen LogP contribution in [0.15, 0.2) is 24.6 Å². The van der Waals surface area contributed by atoms with Crippen LogP contribution in [0.25, 0.3) is 0 Å². The molecule has 1 radical (unpaired) electrons. The van der Waals surface area contributed by atoms with Gasteiger partial charge in [-0.1, -0.05) is 12.2 Å². The number of hydrogen-bond acceptors (Lipinski definition) is 3. The van der Waals surface area contributed by atoms with Crippen molar-refractivity contribution < 1.29 is 4.79 Å². The van der Waals surface area contributed by atoms with Gasteiger partial charge in [0, 0.05) is 24.7 Å². The highest BCUT2D eigenvalue weighted by Crippen LogP contribution is 2.16. The summed E-state index contributed by atoms with van der Waals surface area (Å²) in [5.41, 5.74) is 0. The maximum atomic E-state index is 9.91. The van der Waals surface area contributed by atoms with E-state index < -0.39 is 0 Å². The SMILES string of the molecule is CN1C=CC(SC[C]=O)C=C1. The topological polar surface area (TPSA) is 20.3 Å². The predicted molar refractivity (Wildman–Crippen MR) is 48.0 cm³/mol. The van der Waals surface area contributed by atoms with Crippen LogP contribution in [0.1, 0.15) is 0 Å². The van der Waals surface area contributed by atoms with Gasteiger partial charge < -0.3 is 4.90 Å². The van der Waals surface area contributed by atoms with E-state index in [1.165, 1.54) is 0 Å². The first-order valence-corrected chi connectivity index (χ1v) is 4.43. The van der Waals surface area contributed by atoms with Gasteiger partial charge in [0.15, 0.2) is 0 Å². The van der Waals surface area contributed by atoms with Crippen molar-refractivity contribution in [3.8, 4) is 0 Å². The van der Waals surface area contributed by atoms with Crippen molar-refractivity contribution in [2.45, 2.75) is 5.25 Å². The molecule has 0 saturated heterocycles. The van der Waals surface area contributed by atoms with E-state index >= 15 is 0 Å². The molecule has 0 aromatic rings. The van der Waals surface area contributed by atoms with E-state index in [2.05, 4.69) is 12.2 Å². The Morgan fingerprint density at radius 1 is 1.55 bits per heavy atom. The highest BCUT2D eigenvalue weighted by atomic mass is 32.2. The molecule has 0 aliphatic carbocycles. The number of carbonyl (C=O) groups excluding carboxylic acids is 1. The first-order valence-electron chi connectivity index (χ1n) is 3.38. The fourth-order valence-corrected chi connectivity index (χ4v) is 1.42. The van der Waals surface area contributed by atoms with E-state index in [-0.39, 0.29) is 0 Å². The first-order chi connectivity index (χ1) is 5.33. The molecule has 1 aliphatic heterocycles. The van der Waals surface area contributed by atoms with Gasteiger partial charge in [0.1, 0.15) is 0 Å². The third-order valence-electron chi connectivity index (χ3n) is 1.36. The molecule has 0 atom stereocenters. The van der Waals surface area contributed by atoms with Crippen molar-refractivity contribution in [1.82, 2.24) is 4.90 Å². The molecule has 0 amide bonds. The van der Waals surface area contributed by atoms with E-state index in [1.54, 1.807) is 11.8 Å². The van der Waals surface area contributed by atoms with Crippen LogP contribution in [-0.2, 0) is 4.79 Å². The third kappa shape index (κ3) is 2.80. The summed E-state index contributed by atoms with van der Waals surface area (Å²) < 4.78 is 0. The molecule has 2 nitrogen and oxygen atoms in total. The molecule has 0 N–H and O–H groups in total. The number of nitrogens with zero attached hydrogens (tertiary/aromatic N) is 1. The minimum Gasteiger partial charge on any atom is -0.358 e. The summed E-state index contributed by atoms with van der Waals surface area (Å²) in [6, 6.07) is 0. The molecule has 1 aliphatic rings. The lowest BCUT2D eigenvalue weighted by Crippen LogP contribution is -2.09. The molecule has 0 aromatic heterocycles. The molecule has 0 bridgehead atoms. The minimum absolute atomic E-state index is 0.340. The van der Waals surface area contributed by atoms with Gasteiger partial charge in [0.05, 0.1) is 5.75 Å². The van der Waals surface area contributed by atoms with Gasteiger partial charge in [-0.3, -0.25) is 4.79 Å². The molecule has 3 heteroatoms. The fraction of sp³-hybridized carbons (Fsp3) is 0.375. The van der Waals surface area contributed by atoms with Crippen molar-refractivity contribution in [1.29, 1.82) is 0 Å². The molecule has 59 valence electrons. The van der Waals surface area contributed by atoms with Crippen LogP contribution < -0.4 is 0 Å². The number of hydrogen-bond donors (Lipinski definition) is 0. The molecular weight excluding hydrogens is 158 g/mol. The van der Waals surface area contributed by atoms with Crippen LogP contribution in [0, 0.1) is 0 Å². The zero-order chi connectivity index (χ0) is 8.10. The van der Waals surface area contributed by atoms with Crippen LogP contribution in [0.4, 0.5) is 0 Å². The highest BCUT2D eigenvalue weighted by molar-refractivity contribution is 8.00. The predicted octanol–water partition coefficient (Wildman–Crippen LogP) is 1.17. The molecule has 0 unspecified atom stereocenters. The summed E-state index contributed by atoms with van der Waals surface area (Å²) in [5.74, 6) is 0.447. The molecule has 11 heavy (non-hydrogen) atoms. The Hall–Kier alpha value is -0.700. The van der Waals surface area contributed by atoms with Gasteiger partial charge in [0.2, 0.25) is 6.29 Å². The van der Waals surface area contributed by atoms with Crippen LogP contribution in [0.3, 0.4) is 0 Å². The zero-order valence-corrected chi connectivity index (χ0v) is 7.17. The van der Waals surface area contributed by atoms with Crippen LogP contribution >= 0.6 is 11.8 Å². The van der Waals surface area contributed by atoms with Gasteiger partial charge in [-0.05, 0) is 0 Å². The molecule has 0 saturated carbocycles. The van der Waals surface area contributed by atoms with Crippen molar-refractivity contribution >= 4 is 18.0 Å². The number of rotatable bonds is 3. The molecular formula is C8H10NOS. The molecule has 0 aromatic carbocycles. The molecule has 1 rings (SSSR count). The van der Waals surface area contributed by atoms with Crippen LogP contribution in [-0.4, -0.2) is 29.2 Å². The summed E-state index contributed by atoms with van der Waals surface area (Å²) in [6.07, 6.45) is 9.95. The smallest absolute Gasteiger partial charge is 0.209 e. The highest BCUT2D eigenvalue weighted by Gasteiger charge is 2.03. The fourth-order valence-electron chi connectivity index (χ4n) is 0.796. The third-order valence-corrected chi connectivity index (χ3v) is 2.34. The Labute approximate surface area is 71.0 Å². The Kier molecular flexibility index (Phi) is 3.23. The van der Waals surface area contributed by atoms with Crippen molar-refractivity contribution in [2.75, 3.05) is 12.8 Å². The van der Waals surface area contributed by atoms with E-state index in [0.717, 1.165) is 0 Å². The molecule has 1 heterocycles. The van der Waals surface area contributed by atoms with Gasteiger partial charge in [-0.2, -0.15) is 0 Å². The van der Waals surface area contributed by atoms with Gasteiger partial charge in [0.25, 0.3) is 0 Å². The standard InChI is InChI=1S/C8H10NOS/c1-9-4-2-8(3-5-9)11-7-6-10/h2-5,8H,7H2,1H3. The maximum absolute atomic E-state index is 9.91. The molecule has 0 fully saturated rings. The monoisotopic (exact) mass is 168 g/mol. The van der Waals surface area contributed by atoms with Gasteiger partial charge >= 0.3 is 0 Å². The summed E-state index contributed by atoms with van der Waals surface area (Å²) in [4.78, 5) is 11.9. The maximum Gasteiger partial charge on any atom is 0.209 e. The normalized spacial score (nSPS) is 17.4. The lowest BCUT2D eigenvalue weighted by Gasteiger charge is -2.15. The quantitative estimate of drug-likeness (QED) is 0.631. The summed E-state index contributed by atoms with van der Waals surface area (Å²) in [6.45, 7) is 0. The van der Waals surface area contributed by atoms with E-state index in [1.807, 2.05) is 30.6 Å². The first kappa shape index (κ1) is 8.40. The lowest BCUT2D eigenvalue weighted by atomic mass is 10.3. The van der Waals surface area contributed by atoms with E-state index in [0.29, 0.717) is 11.0 Å². The average Bonchev–Trinajstić information content (AvgIpc) is 2.04. The van der Waals surface area contributed by atoms with E-state index in [9.17, 15) is 4.79 Å². The Balaban J connectivity index is 2.32. The summed E-state index contributed by atoms with van der Waals surface area (Å²) in [5, 5.41) is 0.340. The molecule has 0 spiro atoms. The van der Waals surface area contributed by atoms with Crippen molar-refractivity contribution in [3.63, 3.8) is 0 Å². The van der Waals surface area contributed by atoms with Gasteiger partial charge in [-0.15, -0.1) is 11.8 Å². The summed E-state index contributed by atoms with van der Waals surface area (Å²) in [7, 11) is 1.97. The minimum atomic E-state index is 0.340. The zero-order valence-electron chi connectivity index (χ0n) is 6.36. The second-order valence-corrected chi connectivity index (χ2v) is 3.43. The Morgan fingerprint density at radius 2 is 2.18 bits per heavy atom. The summed E-state index contributed by atoms with van der Waals surface area (Å²) >= 11 is 1.58. The average molecular weight is 168 g/mol. The lowest BCUT2D eigenvalue weighted by molar-refractivity contribution is 0.560. The second-order valence-electron chi connectivity index (χ2n) is 2.27. The van der Waals surface area contributed by atoms with E-state index in [4.69, 9.17) is 0 Å². The Morgan fingerprint density at radius 3 is 2.73 bits per heavy atom.